The second kappa shape index (κ2) is 9.79. The molecule has 6 heteroatoms. The van der Waals surface area contributed by atoms with Crippen LogP contribution in [0.3, 0.4) is 0 Å². The lowest BCUT2D eigenvalue weighted by Crippen LogP contribution is -2.53. The molecule has 0 aliphatic carbocycles. The predicted molar refractivity (Wildman–Crippen MR) is 119 cm³/mol. The average molecular weight is 421 g/mol. The SMILES string of the molecule is COc1ccccc1/C=C(/C(=O)N1CCN(C(=O)C2CCCO2)CC1)c1ccccc1. The molecule has 0 saturated carbocycles. The van der Waals surface area contributed by atoms with Crippen molar-refractivity contribution in [3.63, 3.8) is 0 Å². The summed E-state index contributed by atoms with van der Waals surface area (Å²) in [7, 11) is 1.63. The van der Waals surface area contributed by atoms with E-state index in [1.807, 2.05) is 70.5 Å². The third-order valence-corrected chi connectivity index (χ3v) is 5.84. The van der Waals surface area contributed by atoms with E-state index < -0.39 is 0 Å². The van der Waals surface area contributed by atoms with Crippen molar-refractivity contribution in [1.29, 1.82) is 0 Å². The molecule has 31 heavy (non-hydrogen) atoms. The van der Waals surface area contributed by atoms with Gasteiger partial charge in [-0.3, -0.25) is 9.59 Å². The van der Waals surface area contributed by atoms with E-state index in [0.717, 1.165) is 29.7 Å². The molecule has 2 saturated heterocycles. The van der Waals surface area contributed by atoms with Gasteiger partial charge in [0.1, 0.15) is 11.9 Å². The van der Waals surface area contributed by atoms with Crippen LogP contribution in [-0.2, 0) is 14.3 Å². The molecule has 0 radical (unpaired) electrons. The maximum absolute atomic E-state index is 13.5. The minimum atomic E-state index is -0.312. The molecule has 2 aliphatic rings. The molecule has 0 aromatic heterocycles. The summed E-state index contributed by atoms with van der Waals surface area (Å²) < 4.78 is 11.0. The van der Waals surface area contributed by atoms with Gasteiger partial charge in [-0.1, -0.05) is 48.5 Å². The van der Waals surface area contributed by atoms with Gasteiger partial charge in [0.2, 0.25) is 0 Å². The average Bonchev–Trinajstić information content (AvgIpc) is 3.37. The van der Waals surface area contributed by atoms with E-state index in [2.05, 4.69) is 0 Å². The highest BCUT2D eigenvalue weighted by Gasteiger charge is 2.32. The zero-order valence-electron chi connectivity index (χ0n) is 17.8. The quantitative estimate of drug-likeness (QED) is 0.551. The smallest absolute Gasteiger partial charge is 0.254 e. The maximum Gasteiger partial charge on any atom is 0.254 e. The minimum absolute atomic E-state index is 0.0404. The van der Waals surface area contributed by atoms with Crippen molar-refractivity contribution < 1.29 is 19.1 Å². The molecule has 2 aliphatic heterocycles. The van der Waals surface area contributed by atoms with Crippen LogP contribution in [0.15, 0.2) is 54.6 Å². The van der Waals surface area contributed by atoms with Crippen LogP contribution < -0.4 is 4.74 Å². The Morgan fingerprint density at radius 2 is 1.65 bits per heavy atom. The van der Waals surface area contributed by atoms with Crippen LogP contribution in [0.1, 0.15) is 24.0 Å². The van der Waals surface area contributed by atoms with Crippen LogP contribution in [-0.4, -0.2) is 67.6 Å². The van der Waals surface area contributed by atoms with Crippen molar-refractivity contribution in [3.05, 3.63) is 65.7 Å². The Bertz CT molecular complexity index is 943. The Labute approximate surface area is 183 Å². The highest BCUT2D eigenvalue weighted by Crippen LogP contribution is 2.26. The predicted octanol–water partition coefficient (Wildman–Crippen LogP) is 3.09. The summed E-state index contributed by atoms with van der Waals surface area (Å²) in [4.78, 5) is 29.8. The number of carbonyl (C=O) groups is 2. The number of rotatable bonds is 5. The molecule has 1 unspecified atom stereocenters. The number of piperazine rings is 1. The number of nitrogens with zero attached hydrogens (tertiary/aromatic N) is 2. The molecular weight excluding hydrogens is 392 g/mol. The Kier molecular flexibility index (Phi) is 6.67. The molecule has 2 aromatic carbocycles. The summed E-state index contributed by atoms with van der Waals surface area (Å²) in [6.45, 7) is 2.73. The Morgan fingerprint density at radius 3 is 2.32 bits per heavy atom. The zero-order valence-corrected chi connectivity index (χ0v) is 17.8. The lowest BCUT2D eigenvalue weighted by atomic mass is 10.0. The molecule has 1 atom stereocenters. The summed E-state index contributed by atoms with van der Waals surface area (Å²) in [6, 6.07) is 17.3. The highest BCUT2D eigenvalue weighted by atomic mass is 16.5. The Morgan fingerprint density at radius 1 is 0.968 bits per heavy atom. The number of benzene rings is 2. The van der Waals surface area contributed by atoms with E-state index >= 15 is 0 Å². The van der Waals surface area contributed by atoms with Gasteiger partial charge in [-0.25, -0.2) is 0 Å². The lowest BCUT2D eigenvalue weighted by Gasteiger charge is -2.36. The molecule has 0 bridgehead atoms. The van der Waals surface area contributed by atoms with E-state index in [9.17, 15) is 9.59 Å². The number of para-hydroxylation sites is 1. The van der Waals surface area contributed by atoms with Crippen molar-refractivity contribution in [2.45, 2.75) is 18.9 Å². The van der Waals surface area contributed by atoms with Crippen LogP contribution in [0, 0.1) is 0 Å². The Balaban J connectivity index is 1.53. The van der Waals surface area contributed by atoms with Gasteiger partial charge in [0, 0.05) is 43.9 Å². The first-order valence-corrected chi connectivity index (χ1v) is 10.8. The van der Waals surface area contributed by atoms with Crippen molar-refractivity contribution in [2.75, 3.05) is 39.9 Å². The molecule has 6 nitrogen and oxygen atoms in total. The summed E-state index contributed by atoms with van der Waals surface area (Å²) in [5.41, 5.74) is 2.32. The van der Waals surface area contributed by atoms with Crippen LogP contribution in [0.2, 0.25) is 0 Å². The topological polar surface area (TPSA) is 59.1 Å². The standard InChI is InChI=1S/C25H28N2O4/c1-30-22-11-6-5-10-20(22)18-21(19-8-3-2-4-9-19)24(28)26-13-15-27(16-14-26)25(29)23-12-7-17-31-23/h2-6,8-11,18,23H,7,12-17H2,1H3/b21-18+. The summed E-state index contributed by atoms with van der Waals surface area (Å²) in [5, 5.41) is 0. The van der Waals surface area contributed by atoms with E-state index in [1.165, 1.54) is 0 Å². The van der Waals surface area contributed by atoms with Gasteiger partial charge in [0.05, 0.1) is 7.11 Å². The van der Waals surface area contributed by atoms with Crippen molar-refractivity contribution in [3.8, 4) is 5.75 Å². The zero-order chi connectivity index (χ0) is 21.6. The van der Waals surface area contributed by atoms with Gasteiger partial charge in [-0.05, 0) is 30.5 Å². The number of ether oxygens (including phenoxy) is 2. The van der Waals surface area contributed by atoms with Crippen LogP contribution in [0.25, 0.3) is 11.6 Å². The molecule has 2 heterocycles. The summed E-state index contributed by atoms with van der Waals surface area (Å²) in [6.07, 6.45) is 3.30. The van der Waals surface area contributed by atoms with Gasteiger partial charge in [0.15, 0.2) is 0 Å². The molecule has 2 amide bonds. The number of hydrogen-bond donors (Lipinski definition) is 0. The van der Waals surface area contributed by atoms with Crippen molar-refractivity contribution in [1.82, 2.24) is 9.80 Å². The minimum Gasteiger partial charge on any atom is -0.496 e. The fourth-order valence-corrected chi connectivity index (χ4v) is 4.10. The Hall–Kier alpha value is -3.12. The first kappa shape index (κ1) is 21.1. The van der Waals surface area contributed by atoms with E-state index in [4.69, 9.17) is 9.47 Å². The molecule has 4 rings (SSSR count). The van der Waals surface area contributed by atoms with Crippen molar-refractivity contribution >= 4 is 23.5 Å². The summed E-state index contributed by atoms with van der Waals surface area (Å²) in [5.74, 6) is 0.731. The largest absolute Gasteiger partial charge is 0.496 e. The lowest BCUT2D eigenvalue weighted by molar-refractivity contribution is -0.144. The molecule has 2 aromatic rings. The third-order valence-electron chi connectivity index (χ3n) is 5.84. The number of amides is 2. The first-order valence-electron chi connectivity index (χ1n) is 10.8. The fourth-order valence-electron chi connectivity index (χ4n) is 4.10. The maximum atomic E-state index is 13.5. The molecule has 162 valence electrons. The first-order chi connectivity index (χ1) is 15.2. The van der Waals surface area contributed by atoms with Crippen molar-refractivity contribution in [2.24, 2.45) is 0 Å². The molecule has 2 fully saturated rings. The van der Waals surface area contributed by atoms with Gasteiger partial charge in [-0.2, -0.15) is 0 Å². The highest BCUT2D eigenvalue weighted by molar-refractivity contribution is 6.24. The van der Waals surface area contributed by atoms with E-state index in [0.29, 0.717) is 38.4 Å². The molecule has 0 spiro atoms. The van der Waals surface area contributed by atoms with Gasteiger partial charge < -0.3 is 19.3 Å². The van der Waals surface area contributed by atoms with E-state index in [1.54, 1.807) is 7.11 Å². The second-order valence-corrected chi connectivity index (χ2v) is 7.79. The van der Waals surface area contributed by atoms with Gasteiger partial charge in [-0.15, -0.1) is 0 Å². The van der Waals surface area contributed by atoms with Gasteiger partial charge >= 0.3 is 0 Å². The third kappa shape index (κ3) is 4.80. The second-order valence-electron chi connectivity index (χ2n) is 7.79. The van der Waals surface area contributed by atoms with Crippen LogP contribution in [0.4, 0.5) is 0 Å². The fraction of sp³-hybridized carbons (Fsp3) is 0.360. The van der Waals surface area contributed by atoms with Crippen LogP contribution >= 0.6 is 0 Å². The normalized spacial score (nSPS) is 19.4. The van der Waals surface area contributed by atoms with Gasteiger partial charge in [0.25, 0.3) is 11.8 Å². The molecule has 0 N–H and O–H groups in total. The number of hydrogen-bond acceptors (Lipinski definition) is 4. The summed E-state index contributed by atoms with van der Waals surface area (Å²) >= 11 is 0. The van der Waals surface area contributed by atoms with Crippen LogP contribution in [0.5, 0.6) is 5.75 Å². The number of methoxy groups -OCH3 is 1. The van der Waals surface area contributed by atoms with E-state index in [-0.39, 0.29) is 17.9 Å². The number of carbonyl (C=O) groups excluding carboxylic acids is 2. The molecular formula is C25H28N2O4. The monoisotopic (exact) mass is 420 g/mol.